The maximum atomic E-state index is 12.0. The molecule has 3 nitrogen and oxygen atoms in total. The van der Waals surface area contributed by atoms with Gasteiger partial charge < -0.3 is 10.1 Å². The lowest BCUT2D eigenvalue weighted by Crippen LogP contribution is -2.37. The van der Waals surface area contributed by atoms with Crippen LogP contribution >= 0.6 is 27.5 Å². The second-order valence-corrected chi connectivity index (χ2v) is 4.95. The lowest BCUT2D eigenvalue weighted by Gasteiger charge is -2.16. The van der Waals surface area contributed by atoms with E-state index in [1.54, 1.807) is 25.3 Å². The number of benzene rings is 1. The molecule has 0 radical (unpaired) electrons. The number of methoxy groups -OCH3 is 1. The van der Waals surface area contributed by atoms with Crippen LogP contribution in [0.5, 0.6) is 0 Å². The second kappa shape index (κ2) is 6.99. The summed E-state index contributed by atoms with van der Waals surface area (Å²) in [6.45, 7) is 2.51. The van der Waals surface area contributed by atoms with E-state index >= 15 is 0 Å². The maximum Gasteiger partial charge on any atom is 0.252 e. The van der Waals surface area contributed by atoms with Crippen molar-refractivity contribution < 1.29 is 9.53 Å². The largest absolute Gasteiger partial charge is 0.383 e. The Labute approximate surface area is 115 Å². The topological polar surface area (TPSA) is 38.3 Å². The SMILES string of the molecule is CCC(COC)NC(=O)c1ccc(Cl)cc1Br. The van der Waals surface area contributed by atoms with Crippen molar-refractivity contribution in [1.82, 2.24) is 5.32 Å². The molecule has 1 unspecified atom stereocenters. The van der Waals surface area contributed by atoms with Crippen LogP contribution in [0.4, 0.5) is 0 Å². The molecule has 1 N–H and O–H groups in total. The van der Waals surface area contributed by atoms with E-state index < -0.39 is 0 Å². The Bertz CT molecular complexity index is 398. The first-order valence-electron chi connectivity index (χ1n) is 5.33. The van der Waals surface area contributed by atoms with Crippen molar-refractivity contribution in [1.29, 1.82) is 0 Å². The average molecular weight is 321 g/mol. The summed E-state index contributed by atoms with van der Waals surface area (Å²) in [7, 11) is 1.62. The third-order valence-electron chi connectivity index (χ3n) is 2.37. The highest BCUT2D eigenvalue weighted by Gasteiger charge is 2.14. The normalized spacial score (nSPS) is 12.2. The third-order valence-corrected chi connectivity index (χ3v) is 3.26. The van der Waals surface area contributed by atoms with Crippen LogP contribution in [0.3, 0.4) is 0 Å². The van der Waals surface area contributed by atoms with Gasteiger partial charge in [-0.05, 0) is 40.5 Å². The van der Waals surface area contributed by atoms with Gasteiger partial charge in [0.15, 0.2) is 0 Å². The van der Waals surface area contributed by atoms with Crippen LogP contribution in [-0.4, -0.2) is 25.7 Å². The maximum absolute atomic E-state index is 12.0. The minimum atomic E-state index is -0.127. The average Bonchev–Trinajstić information content (AvgIpc) is 2.28. The highest BCUT2D eigenvalue weighted by molar-refractivity contribution is 9.10. The molecule has 0 aromatic heterocycles. The zero-order chi connectivity index (χ0) is 12.8. The van der Waals surface area contributed by atoms with Crippen LogP contribution in [0.15, 0.2) is 22.7 Å². The molecule has 0 bridgehead atoms. The van der Waals surface area contributed by atoms with Crippen LogP contribution in [0.25, 0.3) is 0 Å². The quantitative estimate of drug-likeness (QED) is 0.904. The van der Waals surface area contributed by atoms with Crippen molar-refractivity contribution >= 4 is 33.4 Å². The molecule has 0 aliphatic heterocycles. The van der Waals surface area contributed by atoms with E-state index in [-0.39, 0.29) is 11.9 Å². The van der Waals surface area contributed by atoms with E-state index in [1.807, 2.05) is 6.92 Å². The fraction of sp³-hybridized carbons (Fsp3) is 0.417. The van der Waals surface area contributed by atoms with E-state index in [9.17, 15) is 4.79 Å². The van der Waals surface area contributed by atoms with Gasteiger partial charge in [0.25, 0.3) is 5.91 Å². The van der Waals surface area contributed by atoms with Crippen LogP contribution in [0.2, 0.25) is 5.02 Å². The van der Waals surface area contributed by atoms with Crippen LogP contribution in [0, 0.1) is 0 Å². The molecule has 1 aromatic rings. The van der Waals surface area contributed by atoms with Crippen molar-refractivity contribution in [3.63, 3.8) is 0 Å². The van der Waals surface area contributed by atoms with E-state index in [0.717, 1.165) is 6.42 Å². The predicted octanol–water partition coefficient (Wildman–Crippen LogP) is 3.26. The van der Waals surface area contributed by atoms with Crippen LogP contribution in [0.1, 0.15) is 23.7 Å². The Morgan fingerprint density at radius 2 is 2.29 bits per heavy atom. The Balaban J connectivity index is 2.75. The molecular formula is C12H15BrClNO2. The molecule has 1 amide bonds. The van der Waals surface area contributed by atoms with Crippen LogP contribution in [-0.2, 0) is 4.74 Å². The van der Waals surface area contributed by atoms with Crippen molar-refractivity contribution in [2.24, 2.45) is 0 Å². The Kier molecular flexibility index (Phi) is 5.95. The fourth-order valence-electron chi connectivity index (χ4n) is 1.40. The van der Waals surface area contributed by atoms with Gasteiger partial charge in [-0.25, -0.2) is 0 Å². The van der Waals surface area contributed by atoms with Gasteiger partial charge in [-0.1, -0.05) is 18.5 Å². The highest BCUT2D eigenvalue weighted by atomic mass is 79.9. The van der Waals surface area contributed by atoms with Gasteiger partial charge in [0.05, 0.1) is 18.2 Å². The molecule has 0 saturated carbocycles. The van der Waals surface area contributed by atoms with E-state index in [1.165, 1.54) is 0 Å². The first-order valence-corrected chi connectivity index (χ1v) is 6.50. The number of carbonyl (C=O) groups excluding carboxylic acids is 1. The Hall–Kier alpha value is -0.580. The predicted molar refractivity (Wildman–Crippen MR) is 72.6 cm³/mol. The standard InChI is InChI=1S/C12H15BrClNO2/c1-3-9(7-17-2)15-12(16)10-5-4-8(14)6-11(10)13/h4-6,9H,3,7H2,1-2H3,(H,15,16). The second-order valence-electron chi connectivity index (χ2n) is 3.66. The summed E-state index contributed by atoms with van der Waals surface area (Å²) in [5, 5.41) is 3.50. The summed E-state index contributed by atoms with van der Waals surface area (Å²) in [4.78, 5) is 12.0. The molecule has 94 valence electrons. The van der Waals surface area contributed by atoms with Gasteiger partial charge in [-0.3, -0.25) is 4.79 Å². The van der Waals surface area contributed by atoms with Crippen molar-refractivity contribution in [3.8, 4) is 0 Å². The lowest BCUT2D eigenvalue weighted by atomic mass is 10.2. The van der Waals surface area contributed by atoms with Gasteiger partial charge in [-0.15, -0.1) is 0 Å². The van der Waals surface area contributed by atoms with Crippen molar-refractivity contribution in [2.75, 3.05) is 13.7 Å². The molecule has 17 heavy (non-hydrogen) atoms. The zero-order valence-electron chi connectivity index (χ0n) is 9.80. The molecule has 1 aromatic carbocycles. The summed E-state index contributed by atoms with van der Waals surface area (Å²) in [5.41, 5.74) is 0.573. The number of hydrogen-bond acceptors (Lipinski definition) is 2. The van der Waals surface area contributed by atoms with Gasteiger partial charge in [0.2, 0.25) is 0 Å². The lowest BCUT2D eigenvalue weighted by molar-refractivity contribution is 0.0894. The van der Waals surface area contributed by atoms with Crippen LogP contribution < -0.4 is 5.32 Å². The molecule has 1 atom stereocenters. The zero-order valence-corrected chi connectivity index (χ0v) is 12.1. The van der Waals surface area contributed by atoms with E-state index in [0.29, 0.717) is 21.7 Å². The number of carbonyl (C=O) groups is 1. The Morgan fingerprint density at radius 1 is 1.59 bits per heavy atom. The molecule has 0 heterocycles. The molecule has 0 aliphatic carbocycles. The molecule has 5 heteroatoms. The van der Waals surface area contributed by atoms with Crippen molar-refractivity contribution in [2.45, 2.75) is 19.4 Å². The number of hydrogen-bond donors (Lipinski definition) is 1. The number of rotatable bonds is 5. The Morgan fingerprint density at radius 3 is 2.82 bits per heavy atom. The number of amides is 1. The van der Waals surface area contributed by atoms with Gasteiger partial charge in [0, 0.05) is 16.6 Å². The monoisotopic (exact) mass is 319 g/mol. The minimum Gasteiger partial charge on any atom is -0.383 e. The summed E-state index contributed by atoms with van der Waals surface area (Å²) < 4.78 is 5.72. The first-order chi connectivity index (χ1) is 8.08. The first kappa shape index (κ1) is 14.5. The van der Waals surface area contributed by atoms with Gasteiger partial charge in [0.1, 0.15) is 0 Å². The molecular weight excluding hydrogens is 305 g/mol. The molecule has 0 spiro atoms. The van der Waals surface area contributed by atoms with Crippen molar-refractivity contribution in [3.05, 3.63) is 33.3 Å². The van der Waals surface area contributed by atoms with Gasteiger partial charge >= 0.3 is 0 Å². The van der Waals surface area contributed by atoms with E-state index in [2.05, 4.69) is 21.2 Å². The third kappa shape index (κ3) is 4.30. The summed E-state index contributed by atoms with van der Waals surface area (Å²) in [6, 6.07) is 5.11. The summed E-state index contributed by atoms with van der Waals surface area (Å²) in [5.74, 6) is -0.127. The van der Waals surface area contributed by atoms with Gasteiger partial charge in [-0.2, -0.15) is 0 Å². The molecule has 1 rings (SSSR count). The summed E-state index contributed by atoms with van der Waals surface area (Å²) in [6.07, 6.45) is 0.824. The molecule has 0 saturated heterocycles. The highest BCUT2D eigenvalue weighted by Crippen LogP contribution is 2.21. The number of nitrogens with one attached hydrogen (secondary N) is 1. The minimum absolute atomic E-state index is 0.0232. The summed E-state index contributed by atoms with van der Waals surface area (Å²) >= 11 is 9.14. The molecule has 0 fully saturated rings. The number of ether oxygens (including phenoxy) is 1. The number of halogens is 2. The molecule has 0 aliphatic rings. The smallest absolute Gasteiger partial charge is 0.252 e. The fourth-order valence-corrected chi connectivity index (χ4v) is 2.26. The van der Waals surface area contributed by atoms with E-state index in [4.69, 9.17) is 16.3 Å².